The van der Waals surface area contributed by atoms with Crippen molar-refractivity contribution in [3.63, 3.8) is 0 Å². The van der Waals surface area contributed by atoms with Gasteiger partial charge < -0.3 is 9.64 Å². The molecule has 7 nitrogen and oxygen atoms in total. The first kappa shape index (κ1) is 20.1. The van der Waals surface area contributed by atoms with Gasteiger partial charge in [-0.25, -0.2) is 0 Å². The summed E-state index contributed by atoms with van der Waals surface area (Å²) in [6.07, 6.45) is 5.49. The molecule has 7 heteroatoms. The standard InChI is InChI=1S/C23H27N5O2/c1-27(16-19-9-13-25-26-19)23(29)21-7-2-3-8-22(21)30-20-10-14-28(15-11-20)17-18-6-4-5-12-24-18/h2-9,12-13,20H,10-11,14-17H2,1H3,(H,25,26). The first-order chi connectivity index (χ1) is 14.7. The molecular formula is C23H27N5O2. The molecule has 3 heterocycles. The van der Waals surface area contributed by atoms with Crippen LogP contribution in [0.15, 0.2) is 60.9 Å². The lowest BCUT2D eigenvalue weighted by atomic mass is 10.1. The largest absolute Gasteiger partial charge is 0.489 e. The van der Waals surface area contributed by atoms with Gasteiger partial charge in [0.05, 0.1) is 23.5 Å². The van der Waals surface area contributed by atoms with Crippen molar-refractivity contribution in [1.82, 2.24) is 25.0 Å². The minimum atomic E-state index is -0.0622. The Morgan fingerprint density at radius 1 is 1.13 bits per heavy atom. The van der Waals surface area contributed by atoms with E-state index in [1.54, 1.807) is 18.1 Å². The number of aromatic amines is 1. The van der Waals surface area contributed by atoms with E-state index in [1.165, 1.54) is 0 Å². The maximum absolute atomic E-state index is 13.0. The van der Waals surface area contributed by atoms with Gasteiger partial charge in [-0.1, -0.05) is 18.2 Å². The molecule has 1 saturated heterocycles. The average molecular weight is 406 g/mol. The van der Waals surface area contributed by atoms with Crippen LogP contribution in [0, 0.1) is 0 Å². The van der Waals surface area contributed by atoms with E-state index >= 15 is 0 Å². The fraction of sp³-hybridized carbons (Fsp3) is 0.348. The van der Waals surface area contributed by atoms with Gasteiger partial charge in [-0.3, -0.25) is 19.8 Å². The monoisotopic (exact) mass is 405 g/mol. The van der Waals surface area contributed by atoms with Crippen LogP contribution in [0.3, 0.4) is 0 Å². The number of carbonyl (C=O) groups is 1. The van der Waals surface area contributed by atoms with E-state index in [0.29, 0.717) is 17.9 Å². The normalized spacial score (nSPS) is 15.1. The molecule has 1 aliphatic rings. The number of benzene rings is 1. The fourth-order valence-electron chi connectivity index (χ4n) is 3.74. The van der Waals surface area contributed by atoms with Gasteiger partial charge in [-0.2, -0.15) is 5.10 Å². The zero-order valence-electron chi connectivity index (χ0n) is 17.2. The number of para-hydroxylation sites is 1. The molecule has 0 unspecified atom stereocenters. The summed E-state index contributed by atoms with van der Waals surface area (Å²) in [5, 5.41) is 6.83. The number of piperidine rings is 1. The summed E-state index contributed by atoms with van der Waals surface area (Å²) in [6.45, 7) is 3.24. The SMILES string of the molecule is CN(Cc1ccn[nH]1)C(=O)c1ccccc1OC1CCN(Cc2ccccn2)CC1. The molecule has 0 atom stereocenters. The quantitative estimate of drug-likeness (QED) is 0.654. The van der Waals surface area contributed by atoms with E-state index < -0.39 is 0 Å². The van der Waals surface area contributed by atoms with Gasteiger partial charge in [0, 0.05) is 39.1 Å². The lowest BCUT2D eigenvalue weighted by Gasteiger charge is -2.32. The first-order valence-corrected chi connectivity index (χ1v) is 10.3. The van der Waals surface area contributed by atoms with Crippen molar-refractivity contribution in [1.29, 1.82) is 0 Å². The number of nitrogens with one attached hydrogen (secondary N) is 1. The molecule has 156 valence electrons. The maximum atomic E-state index is 13.0. The van der Waals surface area contributed by atoms with Crippen LogP contribution in [0.5, 0.6) is 5.75 Å². The summed E-state index contributed by atoms with van der Waals surface area (Å²) >= 11 is 0. The van der Waals surface area contributed by atoms with Crippen molar-refractivity contribution in [2.75, 3.05) is 20.1 Å². The Kier molecular flexibility index (Phi) is 6.39. The molecule has 1 amide bonds. The summed E-state index contributed by atoms with van der Waals surface area (Å²) in [7, 11) is 1.79. The third kappa shape index (κ3) is 5.04. The van der Waals surface area contributed by atoms with Crippen molar-refractivity contribution < 1.29 is 9.53 Å². The van der Waals surface area contributed by atoms with Gasteiger partial charge in [-0.15, -0.1) is 0 Å². The highest BCUT2D eigenvalue weighted by atomic mass is 16.5. The summed E-state index contributed by atoms with van der Waals surface area (Å²) in [5.74, 6) is 0.593. The predicted molar refractivity (Wildman–Crippen MR) is 114 cm³/mol. The number of carbonyl (C=O) groups excluding carboxylic acids is 1. The molecule has 0 saturated carbocycles. The summed E-state index contributed by atoms with van der Waals surface area (Å²) in [6, 6.07) is 15.4. The van der Waals surface area contributed by atoms with E-state index in [0.717, 1.165) is 43.9 Å². The first-order valence-electron chi connectivity index (χ1n) is 10.3. The Bertz CT molecular complexity index is 937. The molecule has 3 aromatic rings. The summed E-state index contributed by atoms with van der Waals surface area (Å²) in [5.41, 5.74) is 2.58. The van der Waals surface area contributed by atoms with Gasteiger partial charge in [0.25, 0.3) is 5.91 Å². The second kappa shape index (κ2) is 9.54. The molecule has 1 N–H and O–H groups in total. The Hall–Kier alpha value is -3.19. The van der Waals surface area contributed by atoms with E-state index in [4.69, 9.17) is 4.74 Å². The van der Waals surface area contributed by atoms with E-state index in [2.05, 4.69) is 26.1 Å². The lowest BCUT2D eigenvalue weighted by Crippen LogP contribution is -2.38. The number of pyridine rings is 1. The number of hydrogen-bond acceptors (Lipinski definition) is 5. The summed E-state index contributed by atoms with van der Waals surface area (Å²) in [4.78, 5) is 21.5. The van der Waals surface area contributed by atoms with Crippen LogP contribution >= 0.6 is 0 Å². The van der Waals surface area contributed by atoms with Gasteiger partial charge in [0.2, 0.25) is 0 Å². The van der Waals surface area contributed by atoms with Gasteiger partial charge in [0.15, 0.2) is 0 Å². The third-order valence-corrected chi connectivity index (χ3v) is 5.37. The molecule has 1 aromatic carbocycles. The average Bonchev–Trinajstić information content (AvgIpc) is 3.29. The Morgan fingerprint density at radius 2 is 1.93 bits per heavy atom. The van der Waals surface area contributed by atoms with Crippen molar-refractivity contribution in [3.8, 4) is 5.75 Å². The number of rotatable bonds is 7. The van der Waals surface area contributed by atoms with Crippen LogP contribution in [-0.4, -0.2) is 57.1 Å². The molecular weight excluding hydrogens is 378 g/mol. The molecule has 0 radical (unpaired) electrons. The smallest absolute Gasteiger partial charge is 0.257 e. The number of amides is 1. The van der Waals surface area contributed by atoms with Crippen molar-refractivity contribution in [2.45, 2.75) is 32.0 Å². The zero-order chi connectivity index (χ0) is 20.8. The van der Waals surface area contributed by atoms with Crippen LogP contribution in [0.25, 0.3) is 0 Å². The van der Waals surface area contributed by atoms with Crippen LogP contribution < -0.4 is 4.74 Å². The van der Waals surface area contributed by atoms with E-state index in [9.17, 15) is 4.79 Å². The Balaban J connectivity index is 1.34. The Morgan fingerprint density at radius 3 is 2.67 bits per heavy atom. The highest BCUT2D eigenvalue weighted by Gasteiger charge is 2.23. The lowest BCUT2D eigenvalue weighted by molar-refractivity contribution is 0.0755. The van der Waals surface area contributed by atoms with Crippen molar-refractivity contribution in [3.05, 3.63) is 77.9 Å². The highest BCUT2D eigenvalue weighted by Crippen LogP contribution is 2.25. The van der Waals surface area contributed by atoms with Gasteiger partial charge in [0.1, 0.15) is 11.9 Å². The number of nitrogens with zero attached hydrogens (tertiary/aromatic N) is 4. The van der Waals surface area contributed by atoms with Crippen LogP contribution in [-0.2, 0) is 13.1 Å². The molecule has 30 heavy (non-hydrogen) atoms. The molecule has 0 bridgehead atoms. The number of ether oxygens (including phenoxy) is 1. The minimum Gasteiger partial charge on any atom is -0.489 e. The topological polar surface area (TPSA) is 74.3 Å². The van der Waals surface area contributed by atoms with Crippen LogP contribution in [0.2, 0.25) is 0 Å². The molecule has 0 spiro atoms. The third-order valence-electron chi connectivity index (χ3n) is 5.37. The molecule has 2 aromatic heterocycles. The van der Waals surface area contributed by atoms with Gasteiger partial charge in [-0.05, 0) is 43.2 Å². The molecule has 0 aliphatic carbocycles. The highest BCUT2D eigenvalue weighted by molar-refractivity contribution is 5.96. The predicted octanol–water partition coefficient (Wildman–Crippen LogP) is 3.12. The fourth-order valence-corrected chi connectivity index (χ4v) is 3.74. The maximum Gasteiger partial charge on any atom is 0.257 e. The van der Waals surface area contributed by atoms with E-state index in [1.807, 2.05) is 48.7 Å². The van der Waals surface area contributed by atoms with E-state index in [-0.39, 0.29) is 12.0 Å². The van der Waals surface area contributed by atoms with Crippen LogP contribution in [0.4, 0.5) is 0 Å². The number of hydrogen-bond donors (Lipinski definition) is 1. The number of likely N-dealkylation sites (tertiary alicyclic amines) is 1. The second-order valence-electron chi connectivity index (χ2n) is 7.65. The zero-order valence-corrected chi connectivity index (χ0v) is 17.2. The number of H-pyrrole nitrogens is 1. The van der Waals surface area contributed by atoms with Crippen molar-refractivity contribution in [2.24, 2.45) is 0 Å². The second-order valence-corrected chi connectivity index (χ2v) is 7.65. The number of aromatic nitrogens is 3. The Labute approximate surface area is 176 Å². The molecule has 1 fully saturated rings. The van der Waals surface area contributed by atoms with Crippen LogP contribution in [0.1, 0.15) is 34.6 Å². The van der Waals surface area contributed by atoms with Gasteiger partial charge >= 0.3 is 0 Å². The molecule has 4 rings (SSSR count). The molecule has 1 aliphatic heterocycles. The van der Waals surface area contributed by atoms with Crippen molar-refractivity contribution >= 4 is 5.91 Å². The summed E-state index contributed by atoms with van der Waals surface area (Å²) < 4.78 is 6.28. The minimum absolute atomic E-state index is 0.0622.